The van der Waals surface area contributed by atoms with Crippen molar-refractivity contribution in [1.29, 1.82) is 0 Å². The summed E-state index contributed by atoms with van der Waals surface area (Å²) in [5.74, 6) is -0.334. The van der Waals surface area contributed by atoms with Crippen molar-refractivity contribution in [1.82, 2.24) is 9.78 Å². The second-order valence-corrected chi connectivity index (χ2v) is 5.53. The van der Waals surface area contributed by atoms with Crippen LogP contribution in [0.15, 0.2) is 73.1 Å². The minimum Gasteiger partial charge on any atom is -0.462 e. The van der Waals surface area contributed by atoms with Crippen molar-refractivity contribution in [3.05, 3.63) is 84.2 Å². The Morgan fingerprint density at radius 3 is 2.36 bits per heavy atom. The number of carbonyl (C=O) groups excluding carboxylic acids is 2. The summed E-state index contributed by atoms with van der Waals surface area (Å²) >= 11 is 0. The lowest BCUT2D eigenvalue weighted by Gasteiger charge is -2.06. The first-order valence-corrected chi connectivity index (χ1v) is 8.09. The standard InChI is InChI=1S/C20H18N2O3/c23-19(16-6-2-1-3-7-16)8-4-15-25-20(24)17-9-11-18(12-10-17)22-14-5-13-21-22/h1-3,5-7,9-14H,4,8,15H2. The van der Waals surface area contributed by atoms with Gasteiger partial charge in [-0.15, -0.1) is 0 Å². The molecule has 0 saturated carbocycles. The van der Waals surface area contributed by atoms with E-state index < -0.39 is 0 Å². The van der Waals surface area contributed by atoms with Crippen molar-refractivity contribution in [3.63, 3.8) is 0 Å². The van der Waals surface area contributed by atoms with Crippen molar-refractivity contribution in [2.24, 2.45) is 0 Å². The Morgan fingerprint density at radius 1 is 0.920 bits per heavy atom. The molecule has 5 heteroatoms. The van der Waals surface area contributed by atoms with Crippen LogP contribution in [-0.4, -0.2) is 28.1 Å². The van der Waals surface area contributed by atoms with E-state index in [9.17, 15) is 9.59 Å². The average molecular weight is 334 g/mol. The van der Waals surface area contributed by atoms with Crippen molar-refractivity contribution in [2.45, 2.75) is 12.8 Å². The molecular weight excluding hydrogens is 316 g/mol. The molecule has 1 aromatic heterocycles. The Kier molecular flexibility index (Phi) is 5.36. The van der Waals surface area contributed by atoms with Crippen LogP contribution in [0.4, 0.5) is 0 Å². The Bertz CT molecular complexity index is 825. The van der Waals surface area contributed by atoms with Gasteiger partial charge in [-0.1, -0.05) is 30.3 Å². The van der Waals surface area contributed by atoms with Crippen molar-refractivity contribution in [2.75, 3.05) is 6.61 Å². The summed E-state index contributed by atoms with van der Waals surface area (Å²) in [6.45, 7) is 0.221. The molecule has 0 radical (unpaired) electrons. The van der Waals surface area contributed by atoms with Crippen LogP contribution >= 0.6 is 0 Å². The highest BCUT2D eigenvalue weighted by molar-refractivity contribution is 5.96. The number of ether oxygens (including phenoxy) is 1. The van der Waals surface area contributed by atoms with Gasteiger partial charge in [-0.25, -0.2) is 9.48 Å². The predicted molar refractivity (Wildman–Crippen MR) is 93.9 cm³/mol. The molecule has 0 atom stereocenters. The predicted octanol–water partition coefficient (Wildman–Crippen LogP) is 3.69. The molecule has 0 fully saturated rings. The number of ketones is 1. The van der Waals surface area contributed by atoms with E-state index in [4.69, 9.17) is 4.74 Å². The molecule has 126 valence electrons. The SMILES string of the molecule is O=C(CCCOC(=O)c1ccc(-n2cccn2)cc1)c1ccccc1. The van der Waals surface area contributed by atoms with E-state index in [2.05, 4.69) is 5.10 Å². The summed E-state index contributed by atoms with van der Waals surface area (Å²) in [6.07, 6.45) is 4.39. The summed E-state index contributed by atoms with van der Waals surface area (Å²) in [6, 6.07) is 18.0. The molecule has 1 heterocycles. The van der Waals surface area contributed by atoms with Crippen LogP contribution in [0.1, 0.15) is 33.6 Å². The van der Waals surface area contributed by atoms with E-state index >= 15 is 0 Å². The van der Waals surface area contributed by atoms with Crippen LogP contribution in [0, 0.1) is 0 Å². The highest BCUT2D eigenvalue weighted by Gasteiger charge is 2.09. The topological polar surface area (TPSA) is 61.2 Å². The van der Waals surface area contributed by atoms with E-state index in [1.165, 1.54) is 0 Å². The number of benzene rings is 2. The van der Waals surface area contributed by atoms with Gasteiger partial charge >= 0.3 is 5.97 Å². The summed E-state index contributed by atoms with van der Waals surface area (Å²) in [7, 11) is 0. The van der Waals surface area contributed by atoms with E-state index in [1.807, 2.05) is 42.6 Å². The van der Waals surface area contributed by atoms with Crippen LogP contribution in [0.5, 0.6) is 0 Å². The van der Waals surface area contributed by atoms with Crippen molar-refractivity contribution >= 4 is 11.8 Å². The van der Waals surface area contributed by atoms with Crippen LogP contribution in [0.2, 0.25) is 0 Å². The zero-order chi connectivity index (χ0) is 17.5. The molecule has 5 nitrogen and oxygen atoms in total. The molecule has 3 aromatic rings. The van der Waals surface area contributed by atoms with Crippen molar-refractivity contribution < 1.29 is 14.3 Å². The van der Waals surface area contributed by atoms with Crippen LogP contribution in [0.25, 0.3) is 5.69 Å². The first-order chi connectivity index (χ1) is 12.2. The third-order valence-corrected chi connectivity index (χ3v) is 3.75. The van der Waals surface area contributed by atoms with E-state index in [-0.39, 0.29) is 18.4 Å². The van der Waals surface area contributed by atoms with Gasteiger partial charge in [0.1, 0.15) is 0 Å². The smallest absolute Gasteiger partial charge is 0.338 e. The summed E-state index contributed by atoms with van der Waals surface area (Å²) < 4.78 is 6.94. The largest absolute Gasteiger partial charge is 0.462 e. The summed E-state index contributed by atoms with van der Waals surface area (Å²) in [5, 5.41) is 4.13. The number of Topliss-reactive ketones (excluding diaryl/α,β-unsaturated/α-hetero) is 1. The van der Waals surface area contributed by atoms with Gasteiger partial charge in [0.05, 0.1) is 17.9 Å². The monoisotopic (exact) mass is 334 g/mol. The molecule has 0 aliphatic carbocycles. The number of rotatable bonds is 7. The molecule has 25 heavy (non-hydrogen) atoms. The minimum atomic E-state index is -0.390. The Balaban J connectivity index is 1.46. The number of nitrogens with zero attached hydrogens (tertiary/aromatic N) is 2. The number of hydrogen-bond acceptors (Lipinski definition) is 4. The Labute approximate surface area is 145 Å². The van der Waals surface area contributed by atoms with Gasteiger partial charge in [0, 0.05) is 24.4 Å². The molecule has 0 unspecified atom stereocenters. The van der Waals surface area contributed by atoms with Gasteiger partial charge < -0.3 is 4.74 Å². The average Bonchev–Trinajstić information content (AvgIpc) is 3.20. The third kappa shape index (κ3) is 4.41. The molecule has 0 N–H and O–H groups in total. The summed E-state index contributed by atoms with van der Waals surface area (Å²) in [5.41, 5.74) is 2.03. The lowest BCUT2D eigenvalue weighted by molar-refractivity contribution is 0.0494. The normalized spacial score (nSPS) is 10.4. The molecule has 0 bridgehead atoms. The molecule has 0 spiro atoms. The van der Waals surface area contributed by atoms with Gasteiger partial charge in [-0.05, 0) is 36.8 Å². The van der Waals surface area contributed by atoms with Crippen LogP contribution < -0.4 is 0 Å². The van der Waals surface area contributed by atoms with Gasteiger partial charge in [0.2, 0.25) is 0 Å². The Morgan fingerprint density at radius 2 is 1.68 bits per heavy atom. The fraction of sp³-hybridized carbons (Fsp3) is 0.150. The molecule has 0 aliphatic heterocycles. The second kappa shape index (κ2) is 8.06. The fourth-order valence-corrected chi connectivity index (χ4v) is 2.42. The number of esters is 1. The van der Waals surface area contributed by atoms with Crippen molar-refractivity contribution in [3.8, 4) is 5.69 Å². The van der Waals surface area contributed by atoms with Gasteiger partial charge in [-0.3, -0.25) is 4.79 Å². The molecule has 0 aliphatic rings. The lowest BCUT2D eigenvalue weighted by atomic mass is 10.1. The quantitative estimate of drug-likeness (QED) is 0.375. The van der Waals surface area contributed by atoms with Crippen LogP contribution in [0.3, 0.4) is 0 Å². The third-order valence-electron chi connectivity index (χ3n) is 3.75. The van der Waals surface area contributed by atoms with E-state index in [0.29, 0.717) is 24.0 Å². The van der Waals surface area contributed by atoms with Gasteiger partial charge in [0.25, 0.3) is 0 Å². The lowest BCUT2D eigenvalue weighted by Crippen LogP contribution is -2.08. The van der Waals surface area contributed by atoms with E-state index in [0.717, 1.165) is 5.69 Å². The minimum absolute atomic E-state index is 0.0558. The molecule has 0 amide bonds. The zero-order valence-electron chi connectivity index (χ0n) is 13.7. The molecular formula is C20H18N2O3. The Hall–Kier alpha value is -3.21. The molecule has 2 aromatic carbocycles. The number of aromatic nitrogens is 2. The highest BCUT2D eigenvalue weighted by Crippen LogP contribution is 2.10. The molecule has 3 rings (SSSR count). The first kappa shape index (κ1) is 16.6. The number of hydrogen-bond donors (Lipinski definition) is 0. The highest BCUT2D eigenvalue weighted by atomic mass is 16.5. The maximum atomic E-state index is 12.0. The number of carbonyl (C=O) groups is 2. The maximum Gasteiger partial charge on any atom is 0.338 e. The fourth-order valence-electron chi connectivity index (χ4n) is 2.42. The van der Waals surface area contributed by atoms with Gasteiger partial charge in [0.15, 0.2) is 5.78 Å². The van der Waals surface area contributed by atoms with E-state index in [1.54, 1.807) is 35.1 Å². The molecule has 0 saturated heterocycles. The van der Waals surface area contributed by atoms with Crippen LogP contribution in [-0.2, 0) is 4.74 Å². The zero-order valence-corrected chi connectivity index (χ0v) is 13.7. The maximum absolute atomic E-state index is 12.0. The van der Waals surface area contributed by atoms with Gasteiger partial charge in [-0.2, -0.15) is 5.10 Å². The first-order valence-electron chi connectivity index (χ1n) is 8.09. The second-order valence-electron chi connectivity index (χ2n) is 5.53. The summed E-state index contributed by atoms with van der Waals surface area (Å²) in [4.78, 5) is 24.0.